The SMILES string of the molecule is CC.CC.Cc1cc2c(cc1C(F)(F)F)CN(C)C2=O. The molecule has 2 nitrogen and oxygen atoms in total. The molecule has 1 heterocycles. The van der Waals surface area contributed by atoms with Crippen molar-refractivity contribution in [3.8, 4) is 0 Å². The fraction of sp³-hybridized carbons (Fsp3) is 0.533. The summed E-state index contributed by atoms with van der Waals surface area (Å²) in [5.41, 5.74) is 0.266. The van der Waals surface area contributed by atoms with Gasteiger partial charge in [0.25, 0.3) is 5.91 Å². The summed E-state index contributed by atoms with van der Waals surface area (Å²) in [6.07, 6.45) is -4.36. The maximum Gasteiger partial charge on any atom is 0.416 e. The van der Waals surface area contributed by atoms with Gasteiger partial charge in [-0.25, -0.2) is 0 Å². The monoisotopic (exact) mass is 289 g/mol. The van der Waals surface area contributed by atoms with Crippen LogP contribution in [0.25, 0.3) is 0 Å². The van der Waals surface area contributed by atoms with E-state index < -0.39 is 11.7 Å². The lowest BCUT2D eigenvalue weighted by Crippen LogP contribution is -2.17. The van der Waals surface area contributed by atoms with E-state index in [1.54, 1.807) is 7.05 Å². The van der Waals surface area contributed by atoms with E-state index in [1.807, 2.05) is 27.7 Å². The van der Waals surface area contributed by atoms with Crippen LogP contribution in [0.5, 0.6) is 0 Å². The van der Waals surface area contributed by atoms with Crippen LogP contribution in [0.4, 0.5) is 13.2 Å². The highest BCUT2D eigenvalue weighted by Gasteiger charge is 2.35. The van der Waals surface area contributed by atoms with Crippen LogP contribution in [0.15, 0.2) is 12.1 Å². The van der Waals surface area contributed by atoms with Gasteiger partial charge in [-0.05, 0) is 30.2 Å². The Hall–Kier alpha value is -1.52. The predicted molar refractivity (Wildman–Crippen MR) is 74.7 cm³/mol. The zero-order chi connectivity index (χ0) is 16.1. The van der Waals surface area contributed by atoms with E-state index in [4.69, 9.17) is 0 Å². The fourth-order valence-corrected chi connectivity index (χ4v) is 1.92. The highest BCUT2D eigenvalue weighted by atomic mass is 19.4. The molecule has 0 atom stereocenters. The third-order valence-corrected chi connectivity index (χ3v) is 2.74. The minimum Gasteiger partial charge on any atom is -0.337 e. The van der Waals surface area contributed by atoms with Gasteiger partial charge in [-0.1, -0.05) is 27.7 Å². The summed E-state index contributed by atoms with van der Waals surface area (Å²) in [5, 5.41) is 0. The van der Waals surface area contributed by atoms with Crippen molar-refractivity contribution in [2.75, 3.05) is 7.05 Å². The Morgan fingerprint density at radius 2 is 1.60 bits per heavy atom. The molecule has 0 radical (unpaired) electrons. The molecule has 0 spiro atoms. The standard InChI is InChI=1S/C11H10F3NO.2C2H6/c1-6-3-8-7(5-15(2)10(8)16)4-9(6)11(12,13)14;2*1-2/h3-4H,5H2,1-2H3;2*1-2H3. The molecule has 2 rings (SSSR count). The van der Waals surface area contributed by atoms with Crippen molar-refractivity contribution >= 4 is 5.91 Å². The molecule has 1 aromatic rings. The van der Waals surface area contributed by atoms with Crippen LogP contribution in [-0.2, 0) is 12.7 Å². The maximum absolute atomic E-state index is 12.6. The molecule has 1 aromatic carbocycles. The zero-order valence-corrected chi connectivity index (χ0v) is 12.9. The van der Waals surface area contributed by atoms with Crippen LogP contribution in [0.1, 0.15) is 54.7 Å². The van der Waals surface area contributed by atoms with Crippen LogP contribution < -0.4 is 0 Å². The van der Waals surface area contributed by atoms with Crippen molar-refractivity contribution < 1.29 is 18.0 Å². The van der Waals surface area contributed by atoms with Crippen molar-refractivity contribution in [1.82, 2.24) is 4.90 Å². The number of amides is 1. The third kappa shape index (κ3) is 3.74. The van der Waals surface area contributed by atoms with Gasteiger partial charge in [0.05, 0.1) is 5.56 Å². The zero-order valence-electron chi connectivity index (χ0n) is 12.9. The lowest BCUT2D eigenvalue weighted by Gasteiger charge is -2.11. The highest BCUT2D eigenvalue weighted by molar-refractivity contribution is 5.98. The van der Waals surface area contributed by atoms with E-state index in [-0.39, 0.29) is 18.0 Å². The van der Waals surface area contributed by atoms with Gasteiger partial charge in [-0.3, -0.25) is 4.79 Å². The van der Waals surface area contributed by atoms with E-state index in [1.165, 1.54) is 17.9 Å². The van der Waals surface area contributed by atoms with Crippen LogP contribution in [0.2, 0.25) is 0 Å². The largest absolute Gasteiger partial charge is 0.416 e. The molecule has 1 aliphatic heterocycles. The molecule has 0 saturated heterocycles. The molecule has 0 bridgehead atoms. The van der Waals surface area contributed by atoms with Gasteiger partial charge in [0, 0.05) is 19.2 Å². The first kappa shape index (κ1) is 18.5. The molecule has 1 amide bonds. The summed E-state index contributed by atoms with van der Waals surface area (Å²) in [6.45, 7) is 9.62. The number of fused-ring (bicyclic) bond motifs is 1. The molecular weight excluding hydrogens is 267 g/mol. The summed E-state index contributed by atoms with van der Waals surface area (Å²) in [4.78, 5) is 13.0. The first-order chi connectivity index (χ1) is 9.30. The average molecular weight is 289 g/mol. The molecule has 20 heavy (non-hydrogen) atoms. The molecule has 5 heteroatoms. The highest BCUT2D eigenvalue weighted by Crippen LogP contribution is 2.35. The summed E-state index contributed by atoms with van der Waals surface area (Å²) < 4.78 is 37.8. The van der Waals surface area contributed by atoms with Gasteiger partial charge in [-0.2, -0.15) is 13.2 Å². The minimum atomic E-state index is -4.36. The Kier molecular flexibility index (Phi) is 6.76. The number of aryl methyl sites for hydroxylation is 1. The third-order valence-electron chi connectivity index (χ3n) is 2.74. The van der Waals surface area contributed by atoms with Crippen molar-refractivity contribution in [1.29, 1.82) is 0 Å². The predicted octanol–water partition coefficient (Wildman–Crippen LogP) is 4.65. The first-order valence-corrected chi connectivity index (χ1v) is 6.77. The molecule has 0 aliphatic carbocycles. The summed E-state index contributed by atoms with van der Waals surface area (Å²) in [7, 11) is 1.57. The molecule has 114 valence electrons. The van der Waals surface area contributed by atoms with E-state index in [0.717, 1.165) is 6.07 Å². The number of carbonyl (C=O) groups excluding carboxylic acids is 1. The quantitative estimate of drug-likeness (QED) is 0.680. The van der Waals surface area contributed by atoms with Crippen LogP contribution in [0, 0.1) is 6.92 Å². The second kappa shape index (κ2) is 7.31. The normalized spacial score (nSPS) is 13.1. The first-order valence-electron chi connectivity index (χ1n) is 6.77. The maximum atomic E-state index is 12.6. The second-order valence-corrected chi connectivity index (χ2v) is 3.98. The van der Waals surface area contributed by atoms with E-state index in [9.17, 15) is 18.0 Å². The van der Waals surface area contributed by atoms with Crippen LogP contribution >= 0.6 is 0 Å². The number of rotatable bonds is 0. The van der Waals surface area contributed by atoms with Crippen molar-refractivity contribution in [3.05, 3.63) is 34.4 Å². The Bertz CT molecular complexity index is 467. The Balaban J connectivity index is 0.000000829. The Morgan fingerprint density at radius 3 is 2.05 bits per heavy atom. The molecule has 1 aliphatic rings. The van der Waals surface area contributed by atoms with Crippen molar-refractivity contribution in [3.63, 3.8) is 0 Å². The number of alkyl halides is 3. The van der Waals surface area contributed by atoms with Crippen LogP contribution in [-0.4, -0.2) is 17.9 Å². The second-order valence-electron chi connectivity index (χ2n) is 3.98. The molecule has 0 unspecified atom stereocenters. The average Bonchev–Trinajstić information content (AvgIpc) is 2.68. The van der Waals surface area contributed by atoms with Gasteiger partial charge >= 0.3 is 6.18 Å². The fourth-order valence-electron chi connectivity index (χ4n) is 1.92. The topological polar surface area (TPSA) is 20.3 Å². The molecule has 0 fully saturated rings. The molecule has 0 saturated carbocycles. The molecule has 0 N–H and O–H groups in total. The van der Waals surface area contributed by atoms with Crippen molar-refractivity contribution in [2.24, 2.45) is 0 Å². The van der Waals surface area contributed by atoms with Crippen LogP contribution in [0.3, 0.4) is 0 Å². The Labute approximate surface area is 118 Å². The Morgan fingerprint density at radius 1 is 1.10 bits per heavy atom. The number of hydrogen-bond donors (Lipinski definition) is 0. The van der Waals surface area contributed by atoms with Gasteiger partial charge in [-0.15, -0.1) is 0 Å². The number of carbonyl (C=O) groups is 1. The number of benzene rings is 1. The van der Waals surface area contributed by atoms with E-state index in [2.05, 4.69) is 0 Å². The number of hydrogen-bond acceptors (Lipinski definition) is 1. The summed E-state index contributed by atoms with van der Waals surface area (Å²) >= 11 is 0. The molecular formula is C15H22F3NO. The number of halogens is 3. The lowest BCUT2D eigenvalue weighted by atomic mass is 10.0. The molecule has 0 aromatic heterocycles. The summed E-state index contributed by atoms with van der Waals surface area (Å²) in [6, 6.07) is 2.40. The van der Waals surface area contributed by atoms with Gasteiger partial charge in [0.15, 0.2) is 0 Å². The van der Waals surface area contributed by atoms with Gasteiger partial charge < -0.3 is 4.90 Å². The number of nitrogens with zero attached hydrogens (tertiary/aromatic N) is 1. The van der Waals surface area contributed by atoms with Crippen molar-refractivity contribution in [2.45, 2.75) is 47.3 Å². The van der Waals surface area contributed by atoms with E-state index >= 15 is 0 Å². The lowest BCUT2D eigenvalue weighted by molar-refractivity contribution is -0.138. The van der Waals surface area contributed by atoms with Gasteiger partial charge in [0.2, 0.25) is 0 Å². The van der Waals surface area contributed by atoms with Gasteiger partial charge in [0.1, 0.15) is 0 Å². The van der Waals surface area contributed by atoms with E-state index in [0.29, 0.717) is 11.1 Å². The minimum absolute atomic E-state index is 0.0925. The smallest absolute Gasteiger partial charge is 0.337 e. The summed E-state index contributed by atoms with van der Waals surface area (Å²) in [5.74, 6) is -0.216.